The van der Waals surface area contributed by atoms with E-state index < -0.39 is 5.91 Å². The molecule has 0 heterocycles. The number of hydrogen-bond acceptors (Lipinski definition) is 3. The molecule has 0 radical (unpaired) electrons. The number of nitrogens with one attached hydrogen (secondary N) is 1. The zero-order chi connectivity index (χ0) is 12.8. The van der Waals surface area contributed by atoms with E-state index in [0.29, 0.717) is 22.9 Å². The Hall–Kier alpha value is -1.75. The molecule has 0 aliphatic heterocycles. The van der Waals surface area contributed by atoms with Crippen LogP contribution >= 0.6 is 11.6 Å². The number of ether oxygens (including phenoxy) is 1. The van der Waals surface area contributed by atoms with E-state index in [1.807, 2.05) is 6.92 Å². The summed E-state index contributed by atoms with van der Waals surface area (Å²) in [6.45, 7) is 2.32. The fraction of sp³-hybridized carbons (Fsp3) is 0.273. The highest BCUT2D eigenvalue weighted by molar-refractivity contribution is 6.31. The summed E-state index contributed by atoms with van der Waals surface area (Å²) < 4.78 is 5.06. The van der Waals surface area contributed by atoms with Crippen LogP contribution in [0, 0.1) is 0 Å². The molecule has 0 bridgehead atoms. The molecule has 0 unspecified atom stereocenters. The standard InChI is InChI=1S/C11H14ClN3O2/c1-3-14-11(13)15-10(16)8-6-7(12)4-5-9(8)17-2/h4-6H,3H2,1-2H3,(H3,13,14,15,16). The van der Waals surface area contributed by atoms with E-state index >= 15 is 0 Å². The number of rotatable bonds is 3. The number of carbonyl (C=O) groups excluding carboxylic acids is 1. The molecule has 0 spiro atoms. The summed E-state index contributed by atoms with van der Waals surface area (Å²) in [7, 11) is 1.48. The Labute approximate surface area is 105 Å². The van der Waals surface area contributed by atoms with Crippen LogP contribution in [-0.2, 0) is 0 Å². The third-order valence-corrected chi connectivity index (χ3v) is 2.21. The highest BCUT2D eigenvalue weighted by Gasteiger charge is 2.13. The van der Waals surface area contributed by atoms with Crippen molar-refractivity contribution in [2.75, 3.05) is 13.7 Å². The van der Waals surface area contributed by atoms with Crippen LogP contribution in [0.15, 0.2) is 23.2 Å². The summed E-state index contributed by atoms with van der Waals surface area (Å²) in [6, 6.07) is 4.76. The number of amides is 1. The molecule has 0 aliphatic carbocycles. The van der Waals surface area contributed by atoms with E-state index in [-0.39, 0.29) is 5.96 Å². The lowest BCUT2D eigenvalue weighted by Gasteiger charge is -2.09. The largest absolute Gasteiger partial charge is 0.496 e. The topological polar surface area (TPSA) is 76.7 Å². The molecule has 0 aromatic heterocycles. The van der Waals surface area contributed by atoms with Gasteiger partial charge in [0.15, 0.2) is 5.96 Å². The van der Waals surface area contributed by atoms with E-state index in [1.54, 1.807) is 12.1 Å². The molecule has 1 aromatic rings. The minimum atomic E-state index is -0.404. The van der Waals surface area contributed by atoms with Crippen molar-refractivity contribution >= 4 is 23.5 Å². The molecule has 92 valence electrons. The quantitative estimate of drug-likeness (QED) is 0.633. The molecule has 1 amide bonds. The maximum absolute atomic E-state index is 11.9. The molecule has 0 fully saturated rings. The van der Waals surface area contributed by atoms with Crippen LogP contribution in [0.25, 0.3) is 0 Å². The van der Waals surface area contributed by atoms with Gasteiger partial charge in [0.25, 0.3) is 5.91 Å². The minimum Gasteiger partial charge on any atom is -0.496 e. The summed E-state index contributed by atoms with van der Waals surface area (Å²) in [4.78, 5) is 15.7. The summed E-state index contributed by atoms with van der Waals surface area (Å²) in [5.41, 5.74) is 5.81. The number of aliphatic imine (C=N–C) groups is 1. The number of nitrogens with zero attached hydrogens (tertiary/aromatic N) is 1. The Morgan fingerprint density at radius 1 is 1.59 bits per heavy atom. The van der Waals surface area contributed by atoms with Gasteiger partial charge in [-0.15, -0.1) is 0 Å². The Balaban J connectivity index is 2.95. The van der Waals surface area contributed by atoms with E-state index in [0.717, 1.165) is 0 Å². The van der Waals surface area contributed by atoms with E-state index in [9.17, 15) is 4.79 Å². The van der Waals surface area contributed by atoms with Gasteiger partial charge in [-0.2, -0.15) is 0 Å². The highest BCUT2D eigenvalue weighted by Crippen LogP contribution is 2.22. The maximum atomic E-state index is 11.9. The zero-order valence-corrected chi connectivity index (χ0v) is 10.4. The molecule has 0 saturated carbocycles. The smallest absolute Gasteiger partial charge is 0.261 e. The normalized spacial score (nSPS) is 11.1. The van der Waals surface area contributed by atoms with Crippen molar-refractivity contribution in [3.05, 3.63) is 28.8 Å². The molecular weight excluding hydrogens is 242 g/mol. The van der Waals surface area contributed by atoms with Gasteiger partial charge in [0.2, 0.25) is 0 Å². The predicted molar refractivity (Wildman–Crippen MR) is 67.6 cm³/mol. The Kier molecular flexibility index (Phi) is 4.78. The van der Waals surface area contributed by atoms with E-state index in [1.165, 1.54) is 13.2 Å². The van der Waals surface area contributed by atoms with Crippen molar-refractivity contribution in [1.82, 2.24) is 5.32 Å². The van der Waals surface area contributed by atoms with Crippen LogP contribution in [0.1, 0.15) is 17.3 Å². The first-order valence-electron chi connectivity index (χ1n) is 5.03. The first-order valence-corrected chi connectivity index (χ1v) is 5.41. The number of carbonyl (C=O) groups is 1. The third-order valence-electron chi connectivity index (χ3n) is 1.98. The van der Waals surface area contributed by atoms with Crippen molar-refractivity contribution in [2.45, 2.75) is 6.92 Å². The monoisotopic (exact) mass is 255 g/mol. The second-order valence-corrected chi connectivity index (χ2v) is 3.59. The number of benzene rings is 1. The van der Waals surface area contributed by atoms with Crippen LogP contribution < -0.4 is 15.8 Å². The second kappa shape index (κ2) is 6.10. The number of methoxy groups -OCH3 is 1. The number of guanidine groups is 1. The molecule has 3 N–H and O–H groups in total. The van der Waals surface area contributed by atoms with Gasteiger partial charge in [0.05, 0.1) is 12.7 Å². The highest BCUT2D eigenvalue weighted by atomic mass is 35.5. The molecule has 0 atom stereocenters. The van der Waals surface area contributed by atoms with Crippen LogP contribution in [0.2, 0.25) is 5.02 Å². The summed E-state index contributed by atoms with van der Waals surface area (Å²) in [6.07, 6.45) is 0. The lowest BCUT2D eigenvalue weighted by molar-refractivity contribution is 0.0973. The number of halogens is 1. The van der Waals surface area contributed by atoms with Crippen molar-refractivity contribution < 1.29 is 9.53 Å². The Morgan fingerprint density at radius 3 is 2.88 bits per heavy atom. The van der Waals surface area contributed by atoms with E-state index in [4.69, 9.17) is 22.1 Å². The van der Waals surface area contributed by atoms with Crippen molar-refractivity contribution in [1.29, 1.82) is 0 Å². The van der Waals surface area contributed by atoms with Gasteiger partial charge in [-0.1, -0.05) is 11.6 Å². The van der Waals surface area contributed by atoms with Gasteiger partial charge in [-0.05, 0) is 25.1 Å². The van der Waals surface area contributed by atoms with Gasteiger partial charge in [-0.25, -0.2) is 0 Å². The summed E-state index contributed by atoms with van der Waals surface area (Å²) in [5.74, 6) is 0.0924. The molecule has 5 nitrogen and oxygen atoms in total. The summed E-state index contributed by atoms with van der Waals surface area (Å²) >= 11 is 5.82. The molecule has 6 heteroatoms. The SMILES string of the molecule is CCN=C(N)NC(=O)c1cc(Cl)ccc1OC. The fourth-order valence-corrected chi connectivity index (χ4v) is 1.42. The predicted octanol–water partition coefficient (Wildman–Crippen LogP) is 1.41. The van der Waals surface area contributed by atoms with Gasteiger partial charge >= 0.3 is 0 Å². The Morgan fingerprint density at radius 2 is 2.29 bits per heavy atom. The van der Waals surface area contributed by atoms with Crippen LogP contribution in [-0.4, -0.2) is 25.5 Å². The fourth-order valence-electron chi connectivity index (χ4n) is 1.25. The zero-order valence-electron chi connectivity index (χ0n) is 9.66. The van der Waals surface area contributed by atoms with Gasteiger partial charge in [0.1, 0.15) is 5.75 Å². The molecule has 1 rings (SSSR count). The maximum Gasteiger partial charge on any atom is 0.261 e. The summed E-state index contributed by atoms with van der Waals surface area (Å²) in [5, 5.41) is 2.90. The average Bonchev–Trinajstić information content (AvgIpc) is 2.29. The van der Waals surface area contributed by atoms with Gasteiger partial charge < -0.3 is 10.5 Å². The number of hydrogen-bond donors (Lipinski definition) is 2. The molecule has 1 aromatic carbocycles. The van der Waals surface area contributed by atoms with Crippen molar-refractivity contribution in [3.63, 3.8) is 0 Å². The first kappa shape index (κ1) is 13.3. The molecule has 0 aliphatic rings. The van der Waals surface area contributed by atoms with Gasteiger partial charge in [0, 0.05) is 11.6 Å². The molecule has 17 heavy (non-hydrogen) atoms. The number of nitrogens with two attached hydrogens (primary N) is 1. The van der Waals surface area contributed by atoms with Crippen molar-refractivity contribution in [2.24, 2.45) is 10.7 Å². The van der Waals surface area contributed by atoms with Crippen molar-refractivity contribution in [3.8, 4) is 5.75 Å². The second-order valence-electron chi connectivity index (χ2n) is 3.16. The molecular formula is C11H14ClN3O2. The van der Waals surface area contributed by atoms with Crippen LogP contribution in [0.4, 0.5) is 0 Å². The van der Waals surface area contributed by atoms with Gasteiger partial charge in [-0.3, -0.25) is 15.1 Å². The van der Waals surface area contributed by atoms with E-state index in [2.05, 4.69) is 10.3 Å². The average molecular weight is 256 g/mol. The lowest BCUT2D eigenvalue weighted by Crippen LogP contribution is -2.37. The first-order chi connectivity index (χ1) is 8.08. The third kappa shape index (κ3) is 3.64. The van der Waals surface area contributed by atoms with Crippen LogP contribution in [0.3, 0.4) is 0 Å². The minimum absolute atomic E-state index is 0.0690. The van der Waals surface area contributed by atoms with Crippen LogP contribution in [0.5, 0.6) is 5.75 Å². The lowest BCUT2D eigenvalue weighted by atomic mass is 10.2. The Bertz CT molecular complexity index is 446. The molecule has 0 saturated heterocycles.